The quantitative estimate of drug-likeness (QED) is 0.867. The average molecular weight is 340 g/mol. The first-order chi connectivity index (χ1) is 9.52. The number of hydrogen-bond acceptors (Lipinski definition) is 1. The van der Waals surface area contributed by atoms with E-state index in [0.29, 0.717) is 6.42 Å². The highest BCUT2D eigenvalue weighted by atomic mass is 79.9. The van der Waals surface area contributed by atoms with Gasteiger partial charge in [0.2, 0.25) is 5.91 Å². The summed E-state index contributed by atoms with van der Waals surface area (Å²) in [4.78, 5) is 13.5. The summed E-state index contributed by atoms with van der Waals surface area (Å²) in [6.45, 7) is 7.98. The molecule has 0 spiro atoms. The molecular formula is C16H24BrN2O+. The van der Waals surface area contributed by atoms with Crippen molar-refractivity contribution in [2.24, 2.45) is 11.8 Å². The molecule has 1 fully saturated rings. The van der Waals surface area contributed by atoms with Gasteiger partial charge in [-0.15, -0.1) is 0 Å². The Labute approximate surface area is 129 Å². The van der Waals surface area contributed by atoms with Crippen LogP contribution >= 0.6 is 15.9 Å². The molecule has 110 valence electrons. The van der Waals surface area contributed by atoms with E-state index in [1.54, 1.807) is 4.90 Å². The molecule has 0 aromatic heterocycles. The minimum absolute atomic E-state index is 0.116. The number of nitrogens with one attached hydrogen (secondary N) is 2. The van der Waals surface area contributed by atoms with E-state index >= 15 is 0 Å². The molecule has 4 heteroatoms. The van der Waals surface area contributed by atoms with Crippen molar-refractivity contribution in [3.63, 3.8) is 0 Å². The maximum atomic E-state index is 12.0. The van der Waals surface area contributed by atoms with Crippen molar-refractivity contribution in [1.29, 1.82) is 0 Å². The highest BCUT2D eigenvalue weighted by molar-refractivity contribution is 9.10. The fourth-order valence-electron chi connectivity index (χ4n) is 3.17. The molecule has 0 saturated carbocycles. The van der Waals surface area contributed by atoms with E-state index in [4.69, 9.17) is 0 Å². The van der Waals surface area contributed by atoms with Gasteiger partial charge < -0.3 is 10.2 Å². The van der Waals surface area contributed by atoms with Gasteiger partial charge in [-0.3, -0.25) is 4.79 Å². The molecule has 1 aromatic carbocycles. The van der Waals surface area contributed by atoms with Crippen molar-refractivity contribution < 1.29 is 9.69 Å². The minimum Gasteiger partial charge on any atom is -0.334 e. The van der Waals surface area contributed by atoms with E-state index in [9.17, 15) is 4.79 Å². The molecule has 1 heterocycles. The molecule has 3 nitrogen and oxygen atoms in total. The summed E-state index contributed by atoms with van der Waals surface area (Å²) < 4.78 is 1.02. The zero-order valence-corrected chi connectivity index (χ0v) is 13.9. The number of hydrogen-bond donors (Lipinski definition) is 2. The van der Waals surface area contributed by atoms with Crippen LogP contribution in [0.5, 0.6) is 0 Å². The van der Waals surface area contributed by atoms with Crippen LogP contribution in [-0.4, -0.2) is 25.5 Å². The van der Waals surface area contributed by atoms with Gasteiger partial charge in [0, 0.05) is 22.0 Å². The third-order valence-electron chi connectivity index (χ3n) is 3.91. The minimum atomic E-state index is 0.116. The maximum absolute atomic E-state index is 12.0. The van der Waals surface area contributed by atoms with Gasteiger partial charge in [0.1, 0.15) is 0 Å². The zero-order chi connectivity index (χ0) is 14.5. The number of benzene rings is 1. The lowest BCUT2D eigenvalue weighted by atomic mass is 9.92. The summed E-state index contributed by atoms with van der Waals surface area (Å²) in [5.74, 6) is 1.68. The normalized spacial score (nSPS) is 26.2. The summed E-state index contributed by atoms with van der Waals surface area (Å²) in [5, 5.41) is 2.96. The second-order valence-electron chi connectivity index (χ2n) is 6.16. The van der Waals surface area contributed by atoms with E-state index in [2.05, 4.69) is 35.1 Å². The van der Waals surface area contributed by atoms with Crippen LogP contribution in [0.1, 0.15) is 26.7 Å². The molecule has 2 atom stereocenters. The van der Waals surface area contributed by atoms with Gasteiger partial charge in [0.05, 0.1) is 26.1 Å². The van der Waals surface area contributed by atoms with Crippen molar-refractivity contribution in [2.75, 3.05) is 25.0 Å². The molecule has 0 radical (unpaired) electrons. The molecule has 1 aliphatic heterocycles. The average Bonchev–Trinajstić information content (AvgIpc) is 2.38. The number of halogens is 1. The van der Waals surface area contributed by atoms with Crippen molar-refractivity contribution in [2.45, 2.75) is 26.7 Å². The van der Waals surface area contributed by atoms with Gasteiger partial charge in [-0.05, 0) is 30.7 Å². The van der Waals surface area contributed by atoms with E-state index in [0.717, 1.165) is 28.5 Å². The predicted octanol–water partition coefficient (Wildman–Crippen LogP) is 2.34. The number of amides is 1. The fourth-order valence-corrected chi connectivity index (χ4v) is 3.44. The van der Waals surface area contributed by atoms with E-state index in [-0.39, 0.29) is 5.91 Å². The monoisotopic (exact) mass is 339 g/mol. The Bertz CT molecular complexity index is 436. The number of likely N-dealkylation sites (tertiary alicyclic amines) is 1. The van der Waals surface area contributed by atoms with Crippen LogP contribution < -0.4 is 10.2 Å². The molecular weight excluding hydrogens is 316 g/mol. The van der Waals surface area contributed by atoms with Crippen molar-refractivity contribution in [3.8, 4) is 0 Å². The van der Waals surface area contributed by atoms with Crippen LogP contribution in [0.25, 0.3) is 0 Å². The molecule has 0 unspecified atom stereocenters. The molecule has 2 rings (SSSR count). The summed E-state index contributed by atoms with van der Waals surface area (Å²) in [6, 6.07) is 7.71. The van der Waals surface area contributed by atoms with Gasteiger partial charge in [0.15, 0.2) is 0 Å². The van der Waals surface area contributed by atoms with Gasteiger partial charge >= 0.3 is 0 Å². The standard InChI is InChI=1S/C16H23BrN2O/c1-12-9-13(2)11-19(10-12)8-7-16(20)18-15-5-3-14(17)4-6-15/h3-6,12-13H,7-11H2,1-2H3,(H,18,20)/p+1/t12-,13-/m1/s1. The number of anilines is 1. The Balaban J connectivity index is 1.76. The molecule has 0 aliphatic carbocycles. The summed E-state index contributed by atoms with van der Waals surface area (Å²) >= 11 is 3.39. The molecule has 0 bridgehead atoms. The Kier molecular flexibility index (Phi) is 5.61. The summed E-state index contributed by atoms with van der Waals surface area (Å²) in [7, 11) is 0. The number of rotatable bonds is 4. The Morgan fingerprint density at radius 1 is 1.25 bits per heavy atom. The zero-order valence-electron chi connectivity index (χ0n) is 12.3. The summed E-state index contributed by atoms with van der Waals surface area (Å²) in [5.41, 5.74) is 0.869. The maximum Gasteiger partial charge on any atom is 0.230 e. The molecule has 1 saturated heterocycles. The lowest BCUT2D eigenvalue weighted by Crippen LogP contribution is -3.14. The predicted molar refractivity (Wildman–Crippen MR) is 85.9 cm³/mol. The molecule has 2 N–H and O–H groups in total. The largest absolute Gasteiger partial charge is 0.334 e. The van der Waals surface area contributed by atoms with Crippen LogP contribution in [0, 0.1) is 11.8 Å². The molecule has 20 heavy (non-hydrogen) atoms. The Morgan fingerprint density at radius 3 is 2.45 bits per heavy atom. The third kappa shape index (κ3) is 4.91. The summed E-state index contributed by atoms with van der Waals surface area (Å²) in [6.07, 6.45) is 1.93. The van der Waals surface area contributed by atoms with Gasteiger partial charge in [-0.2, -0.15) is 0 Å². The van der Waals surface area contributed by atoms with Crippen LogP contribution in [0.2, 0.25) is 0 Å². The van der Waals surface area contributed by atoms with Crippen LogP contribution in [0.4, 0.5) is 5.69 Å². The highest BCUT2D eigenvalue weighted by Crippen LogP contribution is 2.14. The second kappa shape index (κ2) is 7.23. The molecule has 1 aromatic rings. The third-order valence-corrected chi connectivity index (χ3v) is 4.44. The van der Waals surface area contributed by atoms with E-state index in [1.165, 1.54) is 19.5 Å². The first-order valence-electron chi connectivity index (χ1n) is 7.42. The number of piperidine rings is 1. The smallest absolute Gasteiger partial charge is 0.230 e. The Hall–Kier alpha value is -0.870. The topological polar surface area (TPSA) is 33.5 Å². The number of quaternary nitrogens is 1. The SMILES string of the molecule is C[C@@H]1C[C@@H](C)C[NH+](CCC(=O)Nc2ccc(Br)cc2)C1. The van der Waals surface area contributed by atoms with Gasteiger partial charge in [-0.1, -0.05) is 29.8 Å². The number of carbonyl (C=O) groups excluding carboxylic acids is 1. The van der Waals surface area contributed by atoms with E-state index < -0.39 is 0 Å². The first-order valence-corrected chi connectivity index (χ1v) is 8.21. The van der Waals surface area contributed by atoms with Gasteiger partial charge in [-0.25, -0.2) is 0 Å². The number of carbonyl (C=O) groups is 1. The van der Waals surface area contributed by atoms with Crippen LogP contribution in [-0.2, 0) is 4.79 Å². The Morgan fingerprint density at radius 2 is 1.85 bits per heavy atom. The van der Waals surface area contributed by atoms with Crippen LogP contribution in [0.15, 0.2) is 28.7 Å². The fraction of sp³-hybridized carbons (Fsp3) is 0.562. The first kappa shape index (κ1) is 15.5. The second-order valence-corrected chi connectivity index (χ2v) is 7.08. The van der Waals surface area contributed by atoms with Crippen molar-refractivity contribution in [1.82, 2.24) is 0 Å². The van der Waals surface area contributed by atoms with Gasteiger partial charge in [0.25, 0.3) is 0 Å². The van der Waals surface area contributed by atoms with Crippen molar-refractivity contribution >= 4 is 27.5 Å². The highest BCUT2D eigenvalue weighted by Gasteiger charge is 2.25. The molecule has 1 amide bonds. The van der Waals surface area contributed by atoms with Crippen LogP contribution in [0.3, 0.4) is 0 Å². The van der Waals surface area contributed by atoms with E-state index in [1.807, 2.05) is 24.3 Å². The molecule has 1 aliphatic rings. The lowest BCUT2D eigenvalue weighted by molar-refractivity contribution is -0.911. The lowest BCUT2D eigenvalue weighted by Gasteiger charge is -2.31. The van der Waals surface area contributed by atoms with Crippen molar-refractivity contribution in [3.05, 3.63) is 28.7 Å².